The van der Waals surface area contributed by atoms with Gasteiger partial charge in [-0.3, -0.25) is 0 Å². The van der Waals surface area contributed by atoms with Crippen molar-refractivity contribution in [3.05, 3.63) is 135 Å². The Labute approximate surface area is 235 Å². The normalized spacial score (nSPS) is 14.1. The first kappa shape index (κ1) is 25.7. The fourth-order valence-corrected chi connectivity index (χ4v) is 9.30. The van der Waals surface area contributed by atoms with Gasteiger partial charge in [-0.05, 0) is 82.7 Å². The highest BCUT2D eigenvalue weighted by molar-refractivity contribution is 6.78. The summed E-state index contributed by atoms with van der Waals surface area (Å²) in [5, 5.41) is 4.28. The van der Waals surface area contributed by atoms with Crippen molar-refractivity contribution in [2.75, 3.05) is 0 Å². The van der Waals surface area contributed by atoms with Crippen LogP contribution in [0.1, 0.15) is 70.2 Å². The summed E-state index contributed by atoms with van der Waals surface area (Å²) < 4.78 is 0. The molecular formula is C38H38Si. The molecule has 0 saturated carbocycles. The molecule has 0 fully saturated rings. The van der Waals surface area contributed by atoms with E-state index in [0.717, 1.165) is 6.42 Å². The van der Waals surface area contributed by atoms with Crippen molar-refractivity contribution in [3.63, 3.8) is 0 Å². The van der Waals surface area contributed by atoms with Crippen LogP contribution in [-0.4, -0.2) is 8.41 Å². The summed E-state index contributed by atoms with van der Waals surface area (Å²) in [6.07, 6.45) is 10.4. The minimum atomic E-state index is -1.26. The van der Waals surface area contributed by atoms with Crippen molar-refractivity contribution < 1.29 is 0 Å². The van der Waals surface area contributed by atoms with E-state index in [4.69, 9.17) is 0 Å². The van der Waals surface area contributed by atoms with Gasteiger partial charge >= 0.3 is 0 Å². The predicted molar refractivity (Wildman–Crippen MR) is 171 cm³/mol. The lowest BCUT2D eigenvalue weighted by Gasteiger charge is -2.27. The molecule has 2 aliphatic rings. The van der Waals surface area contributed by atoms with Gasteiger partial charge in [0, 0.05) is 0 Å². The zero-order valence-corrected chi connectivity index (χ0v) is 25.1. The Morgan fingerprint density at radius 2 is 1.31 bits per heavy atom. The van der Waals surface area contributed by atoms with Gasteiger partial charge < -0.3 is 0 Å². The molecule has 0 radical (unpaired) electrons. The van der Waals surface area contributed by atoms with Crippen molar-refractivity contribution >= 4 is 30.4 Å². The second kappa shape index (κ2) is 9.57. The van der Waals surface area contributed by atoms with E-state index in [1.54, 1.807) is 0 Å². The van der Waals surface area contributed by atoms with E-state index < -0.39 is 8.41 Å². The predicted octanol–water partition coefficient (Wildman–Crippen LogP) is 7.58. The van der Waals surface area contributed by atoms with Crippen LogP contribution in [0.2, 0.25) is 0 Å². The van der Waals surface area contributed by atoms with Crippen molar-refractivity contribution in [2.45, 2.75) is 58.8 Å². The molecule has 1 heteroatoms. The Morgan fingerprint density at radius 1 is 0.667 bits per heavy atom. The second-order valence-electron chi connectivity index (χ2n) is 13.0. The average Bonchev–Trinajstić information content (AvgIpc) is 3.56. The van der Waals surface area contributed by atoms with Crippen LogP contribution in [0, 0.1) is 4.81 Å². The van der Waals surface area contributed by atoms with Gasteiger partial charge in [0.15, 0.2) is 0 Å². The maximum Gasteiger partial charge on any atom is 0.0881 e. The zero-order chi connectivity index (χ0) is 27.4. The molecule has 0 spiro atoms. The molecule has 0 heterocycles. The van der Waals surface area contributed by atoms with E-state index in [1.165, 1.54) is 59.4 Å². The Morgan fingerprint density at radius 3 is 1.85 bits per heavy atom. The van der Waals surface area contributed by atoms with Crippen molar-refractivity contribution in [1.29, 1.82) is 0 Å². The van der Waals surface area contributed by atoms with Crippen LogP contribution < -0.4 is 15.6 Å². The lowest BCUT2D eigenvalue weighted by molar-refractivity contribution is 0.585. The first-order chi connectivity index (χ1) is 18.6. The van der Waals surface area contributed by atoms with Crippen LogP contribution in [-0.2, 0) is 10.8 Å². The molecule has 0 atom stereocenters. The lowest BCUT2D eigenvalue weighted by Crippen LogP contribution is -2.37. The van der Waals surface area contributed by atoms with Crippen LogP contribution in [0.15, 0.2) is 103 Å². The molecule has 4 aromatic carbocycles. The summed E-state index contributed by atoms with van der Waals surface area (Å²) in [6, 6.07) is 32.2. The molecule has 0 bridgehead atoms. The Balaban J connectivity index is 1.82. The molecule has 4 aromatic rings. The van der Waals surface area contributed by atoms with Crippen LogP contribution in [0.3, 0.4) is 0 Å². The molecule has 0 nitrogen and oxygen atoms in total. The molecule has 2 aliphatic carbocycles. The third-order valence-corrected chi connectivity index (χ3v) is 10.9. The van der Waals surface area contributed by atoms with E-state index in [1.807, 2.05) is 0 Å². The summed E-state index contributed by atoms with van der Waals surface area (Å²) in [6.45, 7) is 14.1. The standard InChI is InChI=1S/C38H38Si/c1-37(2,3)28-21-22-31-27(23-28)24-33-32(31)25-34(36(38(4,5)6)35(33)26-15-13-14-16-26)39(29-17-9-7-10-18-29)30-19-11-8-12-20-30/h7-15,17-25H,16H2,1-6H3. The van der Waals surface area contributed by atoms with Crippen LogP contribution in [0.25, 0.3) is 22.8 Å². The van der Waals surface area contributed by atoms with Crippen molar-refractivity contribution in [1.82, 2.24) is 0 Å². The topological polar surface area (TPSA) is 0 Å². The largest absolute Gasteiger partial charge is 0.0881 e. The molecule has 0 unspecified atom stereocenters. The summed E-state index contributed by atoms with van der Waals surface area (Å²) in [5.41, 5.74) is 10.0. The van der Waals surface area contributed by atoms with Gasteiger partial charge in [0.25, 0.3) is 0 Å². The highest BCUT2D eigenvalue weighted by atomic mass is 28.2. The number of benzene rings is 4. The summed E-state index contributed by atoms with van der Waals surface area (Å²) >= 11 is 0. The molecular weight excluding hydrogens is 485 g/mol. The highest BCUT2D eigenvalue weighted by Gasteiger charge is 2.29. The average molecular weight is 523 g/mol. The minimum absolute atomic E-state index is 0.0121. The molecule has 0 N–H and O–H groups in total. The van der Waals surface area contributed by atoms with Gasteiger partial charge in [0.2, 0.25) is 0 Å². The molecule has 0 aromatic heterocycles. The van der Waals surface area contributed by atoms with E-state index in [-0.39, 0.29) is 10.8 Å². The summed E-state index contributed by atoms with van der Waals surface area (Å²) in [4.78, 5) is 1.52. The third kappa shape index (κ3) is 4.64. The van der Waals surface area contributed by atoms with Gasteiger partial charge in [0.1, 0.15) is 0 Å². The SMILES string of the molecule is CC(C)(C)c1ccc2c(c1)C=c1c-2cc(=[Si](c2ccccc2)c2ccccc2)c(C(C)(C)C)c1C1=CC=CC1. The monoisotopic (exact) mass is 522 g/mol. The van der Waals surface area contributed by atoms with Gasteiger partial charge in [0.05, 0.1) is 8.41 Å². The molecule has 0 aliphatic heterocycles. The second-order valence-corrected chi connectivity index (χ2v) is 15.5. The first-order valence-corrected chi connectivity index (χ1v) is 15.7. The number of rotatable bonds is 3. The van der Waals surface area contributed by atoms with Gasteiger partial charge in [-0.1, -0.05) is 145 Å². The van der Waals surface area contributed by atoms with Crippen molar-refractivity contribution in [3.8, 4) is 11.1 Å². The number of hydrogen-bond acceptors (Lipinski definition) is 0. The number of fused-ring (bicyclic) bond motifs is 3. The van der Waals surface area contributed by atoms with Crippen molar-refractivity contribution in [2.24, 2.45) is 0 Å². The number of hydrogen-bond donors (Lipinski definition) is 0. The number of allylic oxidation sites excluding steroid dienone is 4. The first-order valence-electron chi connectivity index (χ1n) is 14.2. The van der Waals surface area contributed by atoms with E-state index in [0.29, 0.717) is 0 Å². The maximum atomic E-state index is 2.58. The fraction of sp³-hybridized carbons (Fsp3) is 0.237. The van der Waals surface area contributed by atoms with Crippen LogP contribution in [0.4, 0.5) is 0 Å². The van der Waals surface area contributed by atoms with Gasteiger partial charge in [-0.2, -0.15) is 0 Å². The highest BCUT2D eigenvalue weighted by Crippen LogP contribution is 2.38. The quantitative estimate of drug-likeness (QED) is 0.214. The summed E-state index contributed by atoms with van der Waals surface area (Å²) in [7, 11) is -1.26. The van der Waals surface area contributed by atoms with E-state index in [9.17, 15) is 0 Å². The fourth-order valence-electron chi connectivity index (χ4n) is 6.25. The Hall–Kier alpha value is -3.55. The van der Waals surface area contributed by atoms with Gasteiger partial charge in [-0.25, -0.2) is 0 Å². The van der Waals surface area contributed by atoms with E-state index >= 15 is 0 Å². The zero-order valence-electron chi connectivity index (χ0n) is 24.1. The smallest absolute Gasteiger partial charge is 0.0801 e. The Kier molecular flexibility index (Phi) is 6.31. The minimum Gasteiger partial charge on any atom is -0.0801 e. The molecule has 194 valence electrons. The Bertz CT molecular complexity index is 1710. The van der Waals surface area contributed by atoms with Gasteiger partial charge in [-0.15, -0.1) is 0 Å². The maximum absolute atomic E-state index is 2.58. The molecule has 0 saturated heterocycles. The lowest BCUT2D eigenvalue weighted by atomic mass is 9.79. The molecule has 6 rings (SSSR count). The van der Waals surface area contributed by atoms with E-state index in [2.05, 4.69) is 151 Å². The van der Waals surface area contributed by atoms with Crippen LogP contribution in [0.5, 0.6) is 0 Å². The third-order valence-electron chi connectivity index (χ3n) is 8.11. The molecule has 39 heavy (non-hydrogen) atoms. The molecule has 0 amide bonds. The summed E-state index contributed by atoms with van der Waals surface area (Å²) in [5.74, 6) is 0. The van der Waals surface area contributed by atoms with Crippen LogP contribution >= 0.6 is 0 Å².